The van der Waals surface area contributed by atoms with Crippen molar-refractivity contribution in [3.05, 3.63) is 81.1 Å². The van der Waals surface area contributed by atoms with E-state index in [0.717, 1.165) is 26.9 Å². The van der Waals surface area contributed by atoms with E-state index in [9.17, 15) is 22.8 Å². The molecule has 28 heavy (non-hydrogen) atoms. The van der Waals surface area contributed by atoms with E-state index in [1.807, 2.05) is 0 Å². The van der Waals surface area contributed by atoms with Gasteiger partial charge in [-0.3, -0.25) is 9.59 Å². The molecular formula is C19H13BrF3N3O2. The summed E-state index contributed by atoms with van der Waals surface area (Å²) in [4.78, 5) is 24.2. The summed E-state index contributed by atoms with van der Waals surface area (Å²) in [6.07, 6.45) is -4.61. The molecule has 0 saturated heterocycles. The normalized spacial score (nSPS) is 11.3. The molecular weight excluding hydrogens is 439 g/mol. The molecule has 0 radical (unpaired) electrons. The highest BCUT2D eigenvalue weighted by Gasteiger charge is 2.33. The van der Waals surface area contributed by atoms with Crippen LogP contribution >= 0.6 is 15.9 Å². The molecule has 0 aliphatic heterocycles. The zero-order valence-electron chi connectivity index (χ0n) is 14.2. The molecule has 1 aromatic heterocycles. The third-order valence-corrected chi connectivity index (χ3v) is 4.34. The zero-order valence-corrected chi connectivity index (χ0v) is 15.8. The molecule has 0 unspecified atom stereocenters. The number of rotatable bonds is 4. The molecule has 0 aliphatic carbocycles. The molecule has 0 aliphatic rings. The minimum Gasteiger partial charge on any atom is -0.324 e. The van der Waals surface area contributed by atoms with E-state index in [1.165, 1.54) is 24.3 Å². The third-order valence-electron chi connectivity index (χ3n) is 3.81. The van der Waals surface area contributed by atoms with Crippen LogP contribution in [-0.2, 0) is 17.5 Å². The highest BCUT2D eigenvalue weighted by Crippen LogP contribution is 2.34. The number of amides is 1. The Bertz CT molecular complexity index is 1060. The highest BCUT2D eigenvalue weighted by atomic mass is 79.9. The van der Waals surface area contributed by atoms with E-state index >= 15 is 0 Å². The van der Waals surface area contributed by atoms with E-state index in [2.05, 4.69) is 26.3 Å². The maximum absolute atomic E-state index is 13.0. The van der Waals surface area contributed by atoms with Gasteiger partial charge in [0.2, 0.25) is 5.91 Å². The van der Waals surface area contributed by atoms with Crippen molar-refractivity contribution in [1.82, 2.24) is 9.78 Å². The smallest absolute Gasteiger partial charge is 0.324 e. The summed E-state index contributed by atoms with van der Waals surface area (Å²) in [6.45, 7) is -0.518. The van der Waals surface area contributed by atoms with Crippen LogP contribution in [0.5, 0.6) is 0 Å². The number of nitrogens with zero attached hydrogens (tertiary/aromatic N) is 2. The summed E-state index contributed by atoms with van der Waals surface area (Å²) in [6, 6.07) is 14.5. The molecule has 0 atom stereocenters. The molecule has 3 aromatic rings. The van der Waals surface area contributed by atoms with Crippen LogP contribution in [0.1, 0.15) is 5.56 Å². The number of anilines is 1. The fourth-order valence-corrected chi connectivity index (χ4v) is 2.77. The van der Waals surface area contributed by atoms with Gasteiger partial charge in [-0.1, -0.05) is 40.2 Å². The first-order valence-corrected chi connectivity index (χ1v) is 8.83. The van der Waals surface area contributed by atoms with Crippen LogP contribution in [0, 0.1) is 0 Å². The van der Waals surface area contributed by atoms with Gasteiger partial charge >= 0.3 is 6.18 Å². The van der Waals surface area contributed by atoms with E-state index in [4.69, 9.17) is 0 Å². The van der Waals surface area contributed by atoms with E-state index < -0.39 is 29.8 Å². The van der Waals surface area contributed by atoms with Gasteiger partial charge in [-0.05, 0) is 30.3 Å². The number of benzene rings is 2. The van der Waals surface area contributed by atoms with Crippen molar-refractivity contribution >= 4 is 27.5 Å². The molecule has 2 aromatic carbocycles. The van der Waals surface area contributed by atoms with Gasteiger partial charge in [0, 0.05) is 16.1 Å². The second-order valence-corrected chi connectivity index (χ2v) is 6.73. The molecule has 3 rings (SSSR count). The lowest BCUT2D eigenvalue weighted by molar-refractivity contribution is -0.137. The number of aromatic nitrogens is 2. The first-order valence-electron chi connectivity index (χ1n) is 8.04. The summed E-state index contributed by atoms with van der Waals surface area (Å²) < 4.78 is 40.9. The van der Waals surface area contributed by atoms with Crippen molar-refractivity contribution in [2.24, 2.45) is 0 Å². The van der Waals surface area contributed by atoms with E-state index in [-0.39, 0.29) is 5.69 Å². The van der Waals surface area contributed by atoms with Gasteiger partial charge in [-0.2, -0.15) is 18.3 Å². The second-order valence-electron chi connectivity index (χ2n) is 5.81. The average molecular weight is 452 g/mol. The standard InChI is InChI=1S/C19H13BrF3N3O2/c20-13-7-5-12(6-8-13)15-9-10-18(28)26(25-15)11-17(27)24-16-4-2-1-3-14(16)19(21,22)23/h1-10H,11H2,(H,24,27). The zero-order chi connectivity index (χ0) is 20.3. The molecule has 1 amide bonds. The Labute approximate surface area is 165 Å². The Hall–Kier alpha value is -2.94. The quantitative estimate of drug-likeness (QED) is 0.641. The number of halogens is 4. The maximum atomic E-state index is 13.0. The van der Waals surface area contributed by atoms with Crippen LogP contribution < -0.4 is 10.9 Å². The van der Waals surface area contributed by atoms with Crippen molar-refractivity contribution < 1.29 is 18.0 Å². The average Bonchev–Trinajstić information content (AvgIpc) is 2.64. The van der Waals surface area contributed by atoms with E-state index in [1.54, 1.807) is 24.3 Å². The number of nitrogens with one attached hydrogen (secondary N) is 1. The first-order chi connectivity index (χ1) is 13.2. The Balaban J connectivity index is 1.83. The predicted octanol–water partition coefficient (Wildman–Crippen LogP) is 4.33. The fourth-order valence-electron chi connectivity index (χ4n) is 2.50. The lowest BCUT2D eigenvalue weighted by atomic mass is 10.1. The molecule has 9 heteroatoms. The Morgan fingerprint density at radius 2 is 1.71 bits per heavy atom. The van der Waals surface area contributed by atoms with Crippen LogP contribution in [0.25, 0.3) is 11.3 Å². The largest absolute Gasteiger partial charge is 0.418 e. The van der Waals surface area contributed by atoms with Gasteiger partial charge in [0.25, 0.3) is 5.56 Å². The number of hydrogen-bond donors (Lipinski definition) is 1. The molecule has 0 fully saturated rings. The monoisotopic (exact) mass is 451 g/mol. The predicted molar refractivity (Wildman–Crippen MR) is 102 cm³/mol. The van der Waals surface area contributed by atoms with Crippen molar-refractivity contribution in [2.45, 2.75) is 12.7 Å². The molecule has 144 valence electrons. The van der Waals surface area contributed by atoms with Gasteiger partial charge < -0.3 is 5.32 Å². The van der Waals surface area contributed by atoms with Crippen molar-refractivity contribution in [2.75, 3.05) is 5.32 Å². The van der Waals surface area contributed by atoms with Crippen LogP contribution in [0.4, 0.5) is 18.9 Å². The first kappa shape index (κ1) is 19.8. The van der Waals surface area contributed by atoms with Crippen LogP contribution in [-0.4, -0.2) is 15.7 Å². The van der Waals surface area contributed by atoms with Gasteiger partial charge in [0.1, 0.15) is 6.54 Å². The van der Waals surface area contributed by atoms with Gasteiger partial charge in [0.05, 0.1) is 16.9 Å². The minimum atomic E-state index is -4.61. The lowest BCUT2D eigenvalue weighted by Crippen LogP contribution is -2.29. The summed E-state index contributed by atoms with van der Waals surface area (Å²) >= 11 is 3.32. The molecule has 0 spiro atoms. The summed E-state index contributed by atoms with van der Waals surface area (Å²) in [5.74, 6) is -0.792. The summed E-state index contributed by atoms with van der Waals surface area (Å²) in [5, 5.41) is 6.33. The SMILES string of the molecule is O=C(Cn1nc(-c2ccc(Br)cc2)ccc1=O)Nc1ccccc1C(F)(F)F. The molecule has 1 heterocycles. The van der Waals surface area contributed by atoms with Crippen LogP contribution in [0.2, 0.25) is 0 Å². The van der Waals surface area contributed by atoms with Gasteiger partial charge in [-0.15, -0.1) is 0 Å². The minimum absolute atomic E-state index is 0.378. The van der Waals surface area contributed by atoms with Crippen LogP contribution in [0.15, 0.2) is 69.9 Å². The molecule has 1 N–H and O–H groups in total. The lowest BCUT2D eigenvalue weighted by Gasteiger charge is -2.14. The van der Waals surface area contributed by atoms with Crippen molar-refractivity contribution in [3.63, 3.8) is 0 Å². The summed E-state index contributed by atoms with van der Waals surface area (Å²) in [5.41, 5.74) is -0.708. The number of carbonyl (C=O) groups is 1. The fraction of sp³-hybridized carbons (Fsp3) is 0.105. The Kier molecular flexibility index (Phi) is 5.64. The molecule has 0 bridgehead atoms. The van der Waals surface area contributed by atoms with Crippen molar-refractivity contribution in [3.8, 4) is 11.3 Å². The van der Waals surface area contributed by atoms with Gasteiger partial charge in [0.15, 0.2) is 0 Å². The second kappa shape index (κ2) is 7.97. The Morgan fingerprint density at radius 1 is 1.04 bits per heavy atom. The van der Waals surface area contributed by atoms with Crippen molar-refractivity contribution in [1.29, 1.82) is 0 Å². The number of alkyl halides is 3. The maximum Gasteiger partial charge on any atom is 0.418 e. The number of para-hydroxylation sites is 1. The number of hydrogen-bond acceptors (Lipinski definition) is 3. The molecule has 5 nitrogen and oxygen atoms in total. The topological polar surface area (TPSA) is 64.0 Å². The molecule has 0 saturated carbocycles. The number of carbonyl (C=O) groups excluding carboxylic acids is 1. The van der Waals surface area contributed by atoms with Gasteiger partial charge in [-0.25, -0.2) is 4.68 Å². The summed E-state index contributed by atoms with van der Waals surface area (Å²) in [7, 11) is 0. The third kappa shape index (κ3) is 4.66. The van der Waals surface area contributed by atoms with E-state index in [0.29, 0.717) is 5.69 Å². The Morgan fingerprint density at radius 3 is 2.39 bits per heavy atom. The van der Waals surface area contributed by atoms with Crippen LogP contribution in [0.3, 0.4) is 0 Å². The highest BCUT2D eigenvalue weighted by molar-refractivity contribution is 9.10.